The zero-order valence-corrected chi connectivity index (χ0v) is 42.3. The van der Waals surface area contributed by atoms with Crippen molar-refractivity contribution in [1.29, 1.82) is 0 Å². The molecule has 1 saturated heterocycles. The van der Waals surface area contributed by atoms with Gasteiger partial charge in [-0.05, 0) is 12.8 Å². The summed E-state index contributed by atoms with van der Waals surface area (Å²) >= 11 is 0. The molecule has 1 heterocycles. The van der Waals surface area contributed by atoms with Gasteiger partial charge >= 0.3 is 0 Å². The lowest BCUT2D eigenvalue weighted by Gasteiger charge is -2.40. The third-order valence-corrected chi connectivity index (χ3v) is 14.0. The molecule has 0 aromatic heterocycles. The van der Waals surface area contributed by atoms with Crippen LogP contribution in [0.1, 0.15) is 290 Å². The average Bonchev–Trinajstić information content (AvgIpc) is 3.29. The number of nitrogens with one attached hydrogen (secondary N) is 1. The minimum Gasteiger partial charge on any atom is -0.394 e. The van der Waals surface area contributed by atoms with Crippen molar-refractivity contribution >= 4 is 5.91 Å². The maximum absolute atomic E-state index is 13.1. The molecule has 9 heteroatoms. The Morgan fingerprint density at radius 2 is 0.781 bits per heavy atom. The minimum atomic E-state index is -1.55. The molecule has 6 N–H and O–H groups in total. The van der Waals surface area contributed by atoms with Gasteiger partial charge in [0.2, 0.25) is 5.91 Å². The van der Waals surface area contributed by atoms with Gasteiger partial charge in [0.15, 0.2) is 6.29 Å². The Morgan fingerprint density at radius 3 is 1.11 bits per heavy atom. The monoisotopic (exact) mass is 912 g/mol. The average molecular weight is 912 g/mol. The third-order valence-electron chi connectivity index (χ3n) is 14.0. The second kappa shape index (κ2) is 45.9. The van der Waals surface area contributed by atoms with Crippen LogP contribution in [0.2, 0.25) is 0 Å². The molecule has 0 saturated carbocycles. The highest BCUT2D eigenvalue weighted by Crippen LogP contribution is 2.23. The van der Waals surface area contributed by atoms with Gasteiger partial charge in [0.1, 0.15) is 24.4 Å². The van der Waals surface area contributed by atoms with Gasteiger partial charge in [0.25, 0.3) is 0 Å². The van der Waals surface area contributed by atoms with Crippen LogP contribution in [0, 0.1) is 0 Å². The molecule has 0 aromatic carbocycles. The molecule has 7 atom stereocenters. The molecule has 7 unspecified atom stereocenters. The summed E-state index contributed by atoms with van der Waals surface area (Å²) in [6.45, 7) is 3.88. The fourth-order valence-corrected chi connectivity index (χ4v) is 9.46. The van der Waals surface area contributed by atoms with E-state index in [0.29, 0.717) is 12.8 Å². The highest BCUT2D eigenvalue weighted by Gasteiger charge is 2.44. The normalized spacial score (nSPS) is 19.9. The van der Waals surface area contributed by atoms with Gasteiger partial charge in [-0.2, -0.15) is 0 Å². The van der Waals surface area contributed by atoms with E-state index in [1.165, 1.54) is 225 Å². The highest BCUT2D eigenvalue weighted by molar-refractivity contribution is 5.76. The van der Waals surface area contributed by atoms with Gasteiger partial charge < -0.3 is 40.3 Å². The van der Waals surface area contributed by atoms with Crippen LogP contribution in [0.15, 0.2) is 0 Å². The molecule has 0 aliphatic carbocycles. The molecule has 1 fully saturated rings. The lowest BCUT2D eigenvalue weighted by atomic mass is 9.99. The predicted octanol–water partition coefficient (Wildman–Crippen LogP) is 13.5. The van der Waals surface area contributed by atoms with E-state index in [9.17, 15) is 30.3 Å². The van der Waals surface area contributed by atoms with Crippen molar-refractivity contribution in [3.8, 4) is 0 Å². The Bertz CT molecular complexity index is 970. The molecule has 0 radical (unpaired) electrons. The quantitative estimate of drug-likeness (QED) is 0.0331. The van der Waals surface area contributed by atoms with Crippen molar-refractivity contribution in [2.24, 2.45) is 0 Å². The summed E-state index contributed by atoms with van der Waals surface area (Å²) in [6, 6.07) is -0.713. The SMILES string of the molecule is CCCCCCCCCCCCCCCCCCCCCCCC(=O)NC(COC1OC(CO)C(O)C(O)C1O)C(O)CCCCCCCCCCCCCCCCCCCCCC. The van der Waals surface area contributed by atoms with E-state index in [-0.39, 0.29) is 12.5 Å². The Morgan fingerprint density at radius 1 is 0.469 bits per heavy atom. The first kappa shape index (κ1) is 61.2. The van der Waals surface area contributed by atoms with Crippen LogP contribution in [0.25, 0.3) is 0 Å². The molecule has 382 valence electrons. The number of carbonyl (C=O) groups is 1. The van der Waals surface area contributed by atoms with Crippen LogP contribution >= 0.6 is 0 Å². The first-order valence-corrected chi connectivity index (χ1v) is 28.2. The lowest BCUT2D eigenvalue weighted by Crippen LogP contribution is -2.60. The van der Waals surface area contributed by atoms with Crippen LogP contribution in [-0.2, 0) is 14.3 Å². The Balaban J connectivity index is 2.21. The van der Waals surface area contributed by atoms with E-state index >= 15 is 0 Å². The number of rotatable bonds is 49. The molecular formula is C55H109NO8. The molecule has 64 heavy (non-hydrogen) atoms. The zero-order chi connectivity index (χ0) is 46.6. The van der Waals surface area contributed by atoms with Gasteiger partial charge in [-0.15, -0.1) is 0 Å². The van der Waals surface area contributed by atoms with Crippen molar-refractivity contribution < 1.29 is 39.8 Å². The van der Waals surface area contributed by atoms with Gasteiger partial charge in [0.05, 0.1) is 25.4 Å². The summed E-state index contributed by atoms with van der Waals surface area (Å²) in [5, 5.41) is 54.7. The largest absolute Gasteiger partial charge is 0.394 e. The number of hydrogen-bond acceptors (Lipinski definition) is 8. The van der Waals surface area contributed by atoms with Crippen molar-refractivity contribution in [2.45, 2.75) is 333 Å². The molecule has 0 spiro atoms. The summed E-state index contributed by atoms with van der Waals surface area (Å²) in [6.07, 6.45) is 46.9. The maximum atomic E-state index is 13.1. The lowest BCUT2D eigenvalue weighted by molar-refractivity contribution is -0.302. The van der Waals surface area contributed by atoms with Crippen molar-refractivity contribution in [2.75, 3.05) is 13.2 Å². The Hall–Kier alpha value is -0.810. The number of carbonyl (C=O) groups excluding carboxylic acids is 1. The first-order valence-electron chi connectivity index (χ1n) is 28.2. The predicted molar refractivity (Wildman–Crippen MR) is 268 cm³/mol. The van der Waals surface area contributed by atoms with Crippen LogP contribution in [-0.4, -0.2) is 87.5 Å². The summed E-state index contributed by atoms with van der Waals surface area (Å²) in [5.41, 5.74) is 0. The van der Waals surface area contributed by atoms with Gasteiger partial charge in [-0.25, -0.2) is 0 Å². The minimum absolute atomic E-state index is 0.131. The zero-order valence-electron chi connectivity index (χ0n) is 42.3. The standard InChI is InChI=1S/C55H109NO8/c1-3-5-7-9-11-13-15-17-19-21-23-25-27-29-31-33-35-37-39-41-43-45-51(59)56-48(47-63-55-54(62)53(61)52(60)50(46-57)64-55)49(58)44-42-40-38-36-34-32-30-28-26-24-22-20-18-16-14-12-10-8-6-4-2/h48-50,52-55,57-58,60-62H,3-47H2,1-2H3,(H,56,59). The fourth-order valence-electron chi connectivity index (χ4n) is 9.46. The molecule has 1 rings (SSSR count). The topological polar surface area (TPSA) is 149 Å². The van der Waals surface area contributed by atoms with Crippen molar-refractivity contribution in [3.63, 3.8) is 0 Å². The van der Waals surface area contributed by atoms with Crippen molar-refractivity contribution in [1.82, 2.24) is 5.32 Å². The summed E-state index contributed by atoms with van der Waals surface area (Å²) in [5.74, 6) is -0.136. The maximum Gasteiger partial charge on any atom is 0.220 e. The second-order valence-corrected chi connectivity index (χ2v) is 20.1. The number of aliphatic hydroxyl groups is 5. The highest BCUT2D eigenvalue weighted by atomic mass is 16.7. The molecular weight excluding hydrogens is 803 g/mol. The second-order valence-electron chi connectivity index (χ2n) is 20.1. The summed E-state index contributed by atoms with van der Waals surface area (Å²) in [7, 11) is 0. The van der Waals surface area contributed by atoms with Crippen LogP contribution in [0.5, 0.6) is 0 Å². The molecule has 1 aliphatic heterocycles. The molecule has 1 amide bonds. The molecule has 1 aliphatic rings. The Labute approximate surface area is 395 Å². The van der Waals surface area contributed by atoms with E-state index in [0.717, 1.165) is 38.5 Å². The van der Waals surface area contributed by atoms with Crippen molar-refractivity contribution in [3.05, 3.63) is 0 Å². The van der Waals surface area contributed by atoms with Gasteiger partial charge in [-0.1, -0.05) is 271 Å². The number of hydrogen-bond donors (Lipinski definition) is 6. The van der Waals surface area contributed by atoms with Crippen LogP contribution < -0.4 is 5.32 Å². The summed E-state index contributed by atoms with van der Waals surface area (Å²) < 4.78 is 11.3. The van der Waals surface area contributed by atoms with E-state index in [2.05, 4.69) is 19.2 Å². The van der Waals surface area contributed by atoms with Crippen LogP contribution in [0.4, 0.5) is 0 Å². The number of aliphatic hydroxyl groups excluding tert-OH is 5. The number of ether oxygens (including phenoxy) is 2. The van der Waals surface area contributed by atoms with E-state index in [1.54, 1.807) is 0 Å². The van der Waals surface area contributed by atoms with E-state index < -0.39 is 49.5 Å². The van der Waals surface area contributed by atoms with Gasteiger partial charge in [-0.3, -0.25) is 4.79 Å². The van der Waals surface area contributed by atoms with E-state index in [4.69, 9.17) is 9.47 Å². The molecule has 9 nitrogen and oxygen atoms in total. The van der Waals surface area contributed by atoms with Gasteiger partial charge in [0, 0.05) is 6.42 Å². The van der Waals surface area contributed by atoms with E-state index in [1.807, 2.05) is 0 Å². The Kier molecular flexibility index (Phi) is 43.9. The number of unbranched alkanes of at least 4 members (excludes halogenated alkanes) is 39. The van der Waals surface area contributed by atoms with Crippen LogP contribution in [0.3, 0.4) is 0 Å². The third kappa shape index (κ3) is 35.3. The summed E-state index contributed by atoms with van der Waals surface area (Å²) in [4.78, 5) is 13.1. The fraction of sp³-hybridized carbons (Fsp3) is 0.982. The first-order chi connectivity index (χ1) is 31.3. The smallest absolute Gasteiger partial charge is 0.220 e. The molecule has 0 aromatic rings. The molecule has 0 bridgehead atoms. The number of amides is 1.